The van der Waals surface area contributed by atoms with Gasteiger partial charge in [0.25, 0.3) is 5.91 Å². The van der Waals surface area contributed by atoms with Crippen molar-refractivity contribution in [1.82, 2.24) is 5.32 Å². The first-order valence-electron chi connectivity index (χ1n) is 4.39. The minimum Gasteiger partial charge on any atom is -0.352 e. The molecule has 1 rings (SSSR count). The van der Waals surface area contributed by atoms with E-state index in [0.717, 1.165) is 0 Å². The van der Waals surface area contributed by atoms with E-state index in [4.69, 9.17) is 0 Å². The number of amides is 1. The molecule has 1 N–H and O–H groups in total. The van der Waals surface area contributed by atoms with Gasteiger partial charge in [0.05, 0.1) is 0 Å². The summed E-state index contributed by atoms with van der Waals surface area (Å²) in [5, 5.41) is 2.60. The number of rotatable bonds is 3. The Morgan fingerprint density at radius 1 is 1.64 bits per heavy atom. The Hall–Kier alpha value is -1.64. The maximum atomic E-state index is 13.2. The highest BCUT2D eigenvalue weighted by Crippen LogP contribution is 2.11. The zero-order chi connectivity index (χ0) is 10.6. The predicted octanol–water partition coefficient (Wildman–Crippen LogP) is 2.22. The van der Waals surface area contributed by atoms with Gasteiger partial charge in [0.2, 0.25) is 0 Å². The minimum atomic E-state index is -0.427. The molecule has 1 aromatic rings. The molecular weight excluding hydrogens is 181 g/mol. The zero-order valence-electron chi connectivity index (χ0n) is 8.01. The van der Waals surface area contributed by atoms with Crippen LogP contribution in [0, 0.1) is 5.82 Å². The third kappa shape index (κ3) is 2.19. The molecule has 0 radical (unpaired) electrons. The van der Waals surface area contributed by atoms with Crippen molar-refractivity contribution in [2.24, 2.45) is 0 Å². The maximum absolute atomic E-state index is 13.2. The van der Waals surface area contributed by atoms with E-state index in [1.165, 1.54) is 18.2 Å². The fourth-order valence-corrected chi connectivity index (χ4v) is 1.10. The van der Waals surface area contributed by atoms with Crippen LogP contribution < -0.4 is 5.32 Å². The minimum absolute atomic E-state index is 0.262. The molecule has 0 saturated heterocycles. The lowest BCUT2D eigenvalue weighted by atomic mass is 10.1. The fraction of sp³-hybridized carbons (Fsp3) is 0.182. The highest BCUT2D eigenvalue weighted by molar-refractivity contribution is 5.94. The van der Waals surface area contributed by atoms with Crippen LogP contribution in [0.25, 0.3) is 6.08 Å². The number of benzene rings is 1. The van der Waals surface area contributed by atoms with Gasteiger partial charge in [-0.25, -0.2) is 4.39 Å². The Morgan fingerprint density at radius 3 is 2.86 bits per heavy atom. The van der Waals surface area contributed by atoms with E-state index in [9.17, 15) is 9.18 Å². The second-order valence-corrected chi connectivity index (χ2v) is 2.80. The molecule has 1 amide bonds. The average molecular weight is 193 g/mol. The number of hydrogen-bond acceptors (Lipinski definition) is 1. The molecule has 74 valence electrons. The molecule has 0 aliphatic heterocycles. The van der Waals surface area contributed by atoms with Crippen LogP contribution in [-0.2, 0) is 0 Å². The van der Waals surface area contributed by atoms with Crippen molar-refractivity contribution in [2.45, 2.75) is 6.92 Å². The number of carbonyl (C=O) groups excluding carboxylic acids is 1. The lowest BCUT2D eigenvalue weighted by molar-refractivity contribution is 0.0955. The quantitative estimate of drug-likeness (QED) is 0.783. The van der Waals surface area contributed by atoms with Crippen LogP contribution in [0.1, 0.15) is 22.8 Å². The lowest BCUT2D eigenvalue weighted by Gasteiger charge is -2.03. The first-order valence-corrected chi connectivity index (χ1v) is 4.39. The molecule has 0 fully saturated rings. The van der Waals surface area contributed by atoms with E-state index in [1.807, 2.05) is 6.92 Å². The highest BCUT2D eigenvalue weighted by Gasteiger charge is 2.06. The first kappa shape index (κ1) is 10.4. The summed E-state index contributed by atoms with van der Waals surface area (Å²) in [6.07, 6.45) is 1.41. The Morgan fingerprint density at radius 2 is 2.36 bits per heavy atom. The van der Waals surface area contributed by atoms with Crippen molar-refractivity contribution < 1.29 is 9.18 Å². The molecule has 0 heterocycles. The van der Waals surface area contributed by atoms with Crippen molar-refractivity contribution >= 4 is 12.0 Å². The zero-order valence-corrected chi connectivity index (χ0v) is 8.01. The number of nitrogens with one attached hydrogen (secondary N) is 1. The van der Waals surface area contributed by atoms with Gasteiger partial charge in [-0.2, -0.15) is 0 Å². The molecule has 1 aromatic carbocycles. The van der Waals surface area contributed by atoms with Crippen molar-refractivity contribution in [1.29, 1.82) is 0 Å². The number of carbonyl (C=O) groups is 1. The van der Waals surface area contributed by atoms with Gasteiger partial charge in [0.15, 0.2) is 0 Å². The van der Waals surface area contributed by atoms with Gasteiger partial charge in [-0.05, 0) is 19.1 Å². The molecule has 0 aromatic heterocycles. The van der Waals surface area contributed by atoms with E-state index < -0.39 is 5.82 Å². The molecule has 0 atom stereocenters. The third-order valence-corrected chi connectivity index (χ3v) is 1.82. The number of halogens is 1. The van der Waals surface area contributed by atoms with Crippen LogP contribution in [0.3, 0.4) is 0 Å². The van der Waals surface area contributed by atoms with E-state index in [2.05, 4.69) is 11.9 Å². The molecule has 0 aliphatic rings. The Bertz CT molecular complexity index is 360. The van der Waals surface area contributed by atoms with Crippen molar-refractivity contribution in [3.63, 3.8) is 0 Å². The third-order valence-electron chi connectivity index (χ3n) is 1.82. The Balaban J connectivity index is 2.96. The molecule has 0 unspecified atom stereocenters. The number of hydrogen-bond donors (Lipinski definition) is 1. The van der Waals surface area contributed by atoms with Crippen molar-refractivity contribution in [3.8, 4) is 0 Å². The molecule has 2 nitrogen and oxygen atoms in total. The van der Waals surface area contributed by atoms with Crippen LogP contribution >= 0.6 is 0 Å². The summed E-state index contributed by atoms with van der Waals surface area (Å²) in [5.74, 6) is -0.689. The van der Waals surface area contributed by atoms with Crippen LogP contribution in [0.5, 0.6) is 0 Å². The van der Waals surface area contributed by atoms with Crippen LogP contribution in [-0.4, -0.2) is 12.5 Å². The summed E-state index contributed by atoms with van der Waals surface area (Å²) < 4.78 is 13.2. The van der Waals surface area contributed by atoms with Crippen molar-refractivity contribution in [3.05, 3.63) is 41.7 Å². The Labute approximate surface area is 82.4 Å². The van der Waals surface area contributed by atoms with Gasteiger partial charge >= 0.3 is 0 Å². The van der Waals surface area contributed by atoms with E-state index >= 15 is 0 Å². The van der Waals surface area contributed by atoms with E-state index in [-0.39, 0.29) is 5.91 Å². The summed E-state index contributed by atoms with van der Waals surface area (Å²) >= 11 is 0. The molecule has 0 spiro atoms. The van der Waals surface area contributed by atoms with Gasteiger partial charge in [-0.1, -0.05) is 18.7 Å². The van der Waals surface area contributed by atoms with Gasteiger partial charge in [-0.3, -0.25) is 4.79 Å². The topological polar surface area (TPSA) is 29.1 Å². The molecular formula is C11H12FNO. The summed E-state index contributed by atoms with van der Waals surface area (Å²) in [7, 11) is 0. The van der Waals surface area contributed by atoms with Gasteiger partial charge < -0.3 is 5.32 Å². The standard InChI is InChI=1S/C11H12FNO/c1-3-8-5-6-9(7-10(8)12)11(14)13-4-2/h3,5-7H,1,4H2,2H3,(H,13,14). The van der Waals surface area contributed by atoms with Gasteiger partial charge in [-0.15, -0.1) is 0 Å². The average Bonchev–Trinajstić information content (AvgIpc) is 2.18. The Kier molecular flexibility index (Phi) is 3.40. The molecule has 0 aliphatic carbocycles. The fourth-order valence-electron chi connectivity index (χ4n) is 1.10. The van der Waals surface area contributed by atoms with Crippen molar-refractivity contribution in [2.75, 3.05) is 6.54 Å². The molecule has 0 bridgehead atoms. The van der Waals surface area contributed by atoms with E-state index in [0.29, 0.717) is 17.7 Å². The summed E-state index contributed by atoms with van der Waals surface area (Å²) in [4.78, 5) is 11.3. The van der Waals surface area contributed by atoms with Gasteiger partial charge in [0.1, 0.15) is 5.82 Å². The molecule has 0 saturated carbocycles. The van der Waals surface area contributed by atoms with Gasteiger partial charge in [0, 0.05) is 17.7 Å². The summed E-state index contributed by atoms with van der Waals surface area (Å²) in [5.41, 5.74) is 0.730. The molecule has 3 heteroatoms. The second kappa shape index (κ2) is 4.56. The van der Waals surface area contributed by atoms with Crippen LogP contribution in [0.2, 0.25) is 0 Å². The monoisotopic (exact) mass is 193 g/mol. The first-order chi connectivity index (χ1) is 6.69. The predicted molar refractivity (Wildman–Crippen MR) is 54.5 cm³/mol. The normalized spacial score (nSPS) is 9.57. The summed E-state index contributed by atoms with van der Waals surface area (Å²) in [6, 6.07) is 4.32. The second-order valence-electron chi connectivity index (χ2n) is 2.80. The van der Waals surface area contributed by atoms with Crippen LogP contribution in [0.4, 0.5) is 4.39 Å². The summed E-state index contributed by atoms with van der Waals surface area (Å²) in [6.45, 7) is 5.81. The smallest absolute Gasteiger partial charge is 0.251 e. The highest BCUT2D eigenvalue weighted by atomic mass is 19.1. The van der Waals surface area contributed by atoms with Crippen LogP contribution in [0.15, 0.2) is 24.8 Å². The molecule has 14 heavy (non-hydrogen) atoms. The SMILES string of the molecule is C=Cc1ccc(C(=O)NCC)cc1F. The largest absolute Gasteiger partial charge is 0.352 e. The van der Waals surface area contributed by atoms with E-state index in [1.54, 1.807) is 6.07 Å². The maximum Gasteiger partial charge on any atom is 0.251 e. The lowest BCUT2D eigenvalue weighted by Crippen LogP contribution is -2.22.